The van der Waals surface area contributed by atoms with Crippen molar-refractivity contribution in [3.63, 3.8) is 0 Å². The lowest BCUT2D eigenvalue weighted by atomic mass is 9.93. The molecular weight excluding hydrogens is 328 g/mol. The predicted octanol–water partition coefficient (Wildman–Crippen LogP) is 3.64. The van der Waals surface area contributed by atoms with Gasteiger partial charge in [-0.15, -0.1) is 0 Å². The molecule has 0 aliphatic heterocycles. The maximum atomic E-state index is 12.0. The Morgan fingerprint density at radius 2 is 1.88 bits per heavy atom. The number of urea groups is 1. The number of anilines is 1. The van der Waals surface area contributed by atoms with Gasteiger partial charge in [-0.3, -0.25) is 0 Å². The average molecular weight is 347 g/mol. The van der Waals surface area contributed by atoms with Gasteiger partial charge in [-0.2, -0.15) is 0 Å². The number of hydrogen-bond acceptors (Lipinski definition) is 4. The molecule has 126 valence electrons. The van der Waals surface area contributed by atoms with Crippen molar-refractivity contribution >= 4 is 23.3 Å². The van der Waals surface area contributed by atoms with Crippen molar-refractivity contribution < 1.29 is 9.53 Å². The molecule has 0 spiro atoms. The van der Waals surface area contributed by atoms with Gasteiger partial charge >= 0.3 is 12.0 Å². The number of halogens is 1. The van der Waals surface area contributed by atoms with E-state index in [0.29, 0.717) is 16.7 Å². The summed E-state index contributed by atoms with van der Waals surface area (Å²) in [6, 6.07) is 9.17. The standard InChI is InChI=1S/C17H19ClN4O2/c18-12-3-1-4-14(11-12)22-16(23)21-13-5-7-15(8-6-13)24-17-19-9-2-10-20-17/h1-4,9-11,13,15H,5-8H2,(H2,21,22,23). The van der Waals surface area contributed by atoms with Gasteiger partial charge in [0.15, 0.2) is 0 Å². The lowest BCUT2D eigenvalue weighted by molar-refractivity contribution is 0.129. The van der Waals surface area contributed by atoms with Crippen molar-refractivity contribution in [3.8, 4) is 6.01 Å². The van der Waals surface area contributed by atoms with Crippen LogP contribution >= 0.6 is 11.6 Å². The van der Waals surface area contributed by atoms with E-state index in [0.717, 1.165) is 25.7 Å². The quantitative estimate of drug-likeness (QED) is 0.886. The van der Waals surface area contributed by atoms with Crippen LogP contribution in [0, 0.1) is 0 Å². The molecule has 2 aromatic rings. The van der Waals surface area contributed by atoms with E-state index in [4.69, 9.17) is 16.3 Å². The second-order valence-electron chi connectivity index (χ2n) is 5.73. The molecule has 1 aliphatic rings. The van der Waals surface area contributed by atoms with Gasteiger partial charge in [-0.25, -0.2) is 14.8 Å². The highest BCUT2D eigenvalue weighted by atomic mass is 35.5. The summed E-state index contributed by atoms with van der Waals surface area (Å²) in [6.07, 6.45) is 6.87. The molecule has 2 amide bonds. The van der Waals surface area contributed by atoms with E-state index in [1.807, 2.05) is 0 Å². The lowest BCUT2D eigenvalue weighted by Crippen LogP contribution is -2.41. The largest absolute Gasteiger partial charge is 0.460 e. The molecule has 1 aromatic carbocycles. The number of hydrogen-bond donors (Lipinski definition) is 2. The van der Waals surface area contributed by atoms with Crippen LogP contribution in [0.4, 0.5) is 10.5 Å². The van der Waals surface area contributed by atoms with Gasteiger partial charge in [0.25, 0.3) is 0 Å². The zero-order chi connectivity index (χ0) is 16.8. The molecule has 0 unspecified atom stereocenters. The van der Waals surface area contributed by atoms with Crippen LogP contribution in [-0.4, -0.2) is 28.1 Å². The summed E-state index contributed by atoms with van der Waals surface area (Å²) in [5.74, 6) is 0. The van der Waals surface area contributed by atoms with Gasteiger partial charge in [0, 0.05) is 29.1 Å². The Hall–Kier alpha value is -2.34. The Balaban J connectivity index is 1.42. The monoisotopic (exact) mass is 346 g/mol. The fraction of sp³-hybridized carbons (Fsp3) is 0.353. The minimum atomic E-state index is -0.215. The van der Waals surface area contributed by atoms with Crippen LogP contribution in [0.25, 0.3) is 0 Å². The smallest absolute Gasteiger partial charge is 0.319 e. The Labute approximate surface area is 145 Å². The second-order valence-corrected chi connectivity index (χ2v) is 6.17. The molecule has 24 heavy (non-hydrogen) atoms. The second kappa shape index (κ2) is 7.97. The number of carbonyl (C=O) groups is 1. The van der Waals surface area contributed by atoms with E-state index in [1.54, 1.807) is 42.7 Å². The summed E-state index contributed by atoms with van der Waals surface area (Å²) in [5.41, 5.74) is 0.679. The molecule has 1 aliphatic carbocycles. The molecule has 2 N–H and O–H groups in total. The van der Waals surface area contributed by atoms with E-state index in [9.17, 15) is 4.79 Å². The summed E-state index contributed by atoms with van der Waals surface area (Å²) in [5, 5.41) is 6.38. The zero-order valence-electron chi connectivity index (χ0n) is 13.1. The maximum absolute atomic E-state index is 12.0. The summed E-state index contributed by atoms with van der Waals surface area (Å²) in [7, 11) is 0. The number of amides is 2. The average Bonchev–Trinajstić information content (AvgIpc) is 2.57. The predicted molar refractivity (Wildman–Crippen MR) is 92.3 cm³/mol. The van der Waals surface area contributed by atoms with Crippen LogP contribution in [0.2, 0.25) is 5.02 Å². The van der Waals surface area contributed by atoms with E-state index in [-0.39, 0.29) is 18.2 Å². The van der Waals surface area contributed by atoms with E-state index >= 15 is 0 Å². The zero-order valence-corrected chi connectivity index (χ0v) is 13.9. The summed E-state index contributed by atoms with van der Waals surface area (Å²) in [4.78, 5) is 20.2. The highest BCUT2D eigenvalue weighted by Gasteiger charge is 2.24. The van der Waals surface area contributed by atoms with Crippen LogP contribution in [0.3, 0.4) is 0 Å². The molecule has 7 heteroatoms. The van der Waals surface area contributed by atoms with Crippen LogP contribution < -0.4 is 15.4 Å². The highest BCUT2D eigenvalue weighted by Crippen LogP contribution is 2.22. The number of nitrogens with zero attached hydrogens (tertiary/aromatic N) is 2. The minimum Gasteiger partial charge on any atom is -0.460 e. The molecule has 3 rings (SSSR count). The Morgan fingerprint density at radius 1 is 1.12 bits per heavy atom. The van der Waals surface area contributed by atoms with Crippen molar-refractivity contribution in [2.45, 2.75) is 37.8 Å². The first-order valence-corrected chi connectivity index (χ1v) is 8.33. The highest BCUT2D eigenvalue weighted by molar-refractivity contribution is 6.30. The van der Waals surface area contributed by atoms with Crippen LogP contribution in [-0.2, 0) is 0 Å². The molecule has 0 radical (unpaired) electrons. The van der Waals surface area contributed by atoms with Crippen molar-refractivity contribution in [2.75, 3.05) is 5.32 Å². The molecule has 0 atom stereocenters. The number of carbonyl (C=O) groups excluding carboxylic acids is 1. The third-order valence-corrected chi connectivity index (χ3v) is 4.14. The maximum Gasteiger partial charge on any atom is 0.319 e. The van der Waals surface area contributed by atoms with Crippen LogP contribution in [0.15, 0.2) is 42.7 Å². The molecule has 0 saturated heterocycles. The SMILES string of the molecule is O=C(Nc1cccc(Cl)c1)NC1CCC(Oc2ncccn2)CC1. The summed E-state index contributed by atoms with van der Waals surface area (Å²) < 4.78 is 5.75. The normalized spacial score (nSPS) is 20.2. The topological polar surface area (TPSA) is 76.1 Å². The number of nitrogens with one attached hydrogen (secondary N) is 2. The van der Waals surface area contributed by atoms with Crippen LogP contribution in [0.1, 0.15) is 25.7 Å². The third-order valence-electron chi connectivity index (χ3n) is 3.91. The fourth-order valence-corrected chi connectivity index (χ4v) is 2.93. The Kier molecular flexibility index (Phi) is 5.48. The van der Waals surface area contributed by atoms with E-state index in [1.165, 1.54) is 0 Å². The minimum absolute atomic E-state index is 0.0986. The van der Waals surface area contributed by atoms with Gasteiger partial charge in [0.2, 0.25) is 0 Å². The molecular formula is C17H19ClN4O2. The number of ether oxygens (including phenoxy) is 1. The van der Waals surface area contributed by atoms with Crippen LogP contribution in [0.5, 0.6) is 6.01 Å². The first-order valence-electron chi connectivity index (χ1n) is 7.96. The number of benzene rings is 1. The van der Waals surface area contributed by atoms with Gasteiger partial charge < -0.3 is 15.4 Å². The number of aromatic nitrogens is 2. The third kappa shape index (κ3) is 4.83. The molecule has 6 nitrogen and oxygen atoms in total. The number of rotatable bonds is 4. The summed E-state index contributed by atoms with van der Waals surface area (Å²) >= 11 is 5.91. The van der Waals surface area contributed by atoms with Crippen molar-refractivity contribution in [1.29, 1.82) is 0 Å². The fourth-order valence-electron chi connectivity index (χ4n) is 2.74. The molecule has 1 heterocycles. The van der Waals surface area contributed by atoms with Crippen molar-refractivity contribution in [1.82, 2.24) is 15.3 Å². The van der Waals surface area contributed by atoms with E-state index < -0.39 is 0 Å². The Morgan fingerprint density at radius 3 is 2.58 bits per heavy atom. The Bertz CT molecular complexity index is 675. The molecule has 0 bridgehead atoms. The van der Waals surface area contributed by atoms with Gasteiger partial charge in [0.05, 0.1) is 0 Å². The van der Waals surface area contributed by atoms with Gasteiger partial charge in [0.1, 0.15) is 6.10 Å². The molecule has 1 aromatic heterocycles. The lowest BCUT2D eigenvalue weighted by Gasteiger charge is -2.28. The van der Waals surface area contributed by atoms with E-state index in [2.05, 4.69) is 20.6 Å². The van der Waals surface area contributed by atoms with Gasteiger partial charge in [-0.1, -0.05) is 17.7 Å². The first kappa shape index (κ1) is 16.5. The summed E-state index contributed by atoms with van der Waals surface area (Å²) in [6.45, 7) is 0. The van der Waals surface area contributed by atoms with Crippen molar-refractivity contribution in [3.05, 3.63) is 47.7 Å². The molecule has 1 fully saturated rings. The van der Waals surface area contributed by atoms with Crippen molar-refractivity contribution in [2.24, 2.45) is 0 Å². The van der Waals surface area contributed by atoms with Gasteiger partial charge in [-0.05, 0) is 49.9 Å². The molecule has 1 saturated carbocycles. The first-order chi connectivity index (χ1) is 11.7.